The third kappa shape index (κ3) is 7.75. The molecule has 0 aliphatic heterocycles. The summed E-state index contributed by atoms with van der Waals surface area (Å²) >= 11 is 0. The number of rotatable bonds is 10. The van der Waals surface area contributed by atoms with Gasteiger partial charge in [-0.1, -0.05) is 48.5 Å². The Hall–Kier alpha value is -8.30. The van der Waals surface area contributed by atoms with Gasteiger partial charge in [-0.25, -0.2) is 0 Å². The minimum Gasteiger partial charge on any atom is -0.397 e. The van der Waals surface area contributed by atoms with Gasteiger partial charge in [0.2, 0.25) is 11.8 Å². The van der Waals surface area contributed by atoms with E-state index < -0.39 is 76.3 Å². The normalized spacial score (nSPS) is 13.1. The van der Waals surface area contributed by atoms with Gasteiger partial charge in [-0.3, -0.25) is 37.9 Å². The highest BCUT2D eigenvalue weighted by atomic mass is 32.2. The molecular weight excluding hydrogens is 869 g/mol. The molecule has 0 radical (unpaired) electrons. The minimum absolute atomic E-state index is 0.0175. The fraction of sp³-hybridized carbons (Fsp3) is 0. The third-order valence-corrected chi connectivity index (χ3v) is 12.0. The molecule has 0 heterocycles. The van der Waals surface area contributed by atoms with Gasteiger partial charge in [0.1, 0.15) is 9.79 Å². The number of carbonyl (C=O) groups excluding carboxylic acids is 6. The first kappa shape index (κ1) is 42.4. The smallest absolute Gasteiger partial charge is 0.296 e. The summed E-state index contributed by atoms with van der Waals surface area (Å²) in [5.74, 6) is -4.02. The first-order valence-electron chi connectivity index (χ1n) is 18.6. The SMILES string of the molecule is Nc1c(S(=O)(=O)O)cc(Nc2ccc(NC(=O)C=CC(=O)Nc3ccc(Nc4cc(S(=O)(=O)O)c(N)c5c4C(=O)c4ccccc4C5=O)cc3)cc2)c2c1C(=O)c1ccccc1C2=O. The highest BCUT2D eigenvalue weighted by molar-refractivity contribution is 7.86. The zero-order valence-electron chi connectivity index (χ0n) is 32.5. The number of benzene rings is 6. The van der Waals surface area contributed by atoms with E-state index in [0.29, 0.717) is 0 Å². The van der Waals surface area contributed by atoms with Gasteiger partial charge in [0.15, 0.2) is 23.1 Å². The van der Waals surface area contributed by atoms with Gasteiger partial charge < -0.3 is 32.7 Å². The van der Waals surface area contributed by atoms with Crippen LogP contribution in [-0.2, 0) is 29.8 Å². The van der Waals surface area contributed by atoms with Gasteiger partial charge in [-0.15, -0.1) is 0 Å². The van der Waals surface area contributed by atoms with Crippen LogP contribution in [0.3, 0.4) is 0 Å². The maximum atomic E-state index is 13.6. The minimum atomic E-state index is -4.94. The third-order valence-electron chi connectivity index (χ3n) is 10.2. The zero-order chi connectivity index (χ0) is 45.8. The second-order valence-corrected chi connectivity index (χ2v) is 17.0. The number of fused-ring (bicyclic) bond motifs is 4. The number of nitrogens with one attached hydrogen (secondary N) is 4. The van der Waals surface area contributed by atoms with E-state index in [4.69, 9.17) is 11.5 Å². The summed E-state index contributed by atoms with van der Waals surface area (Å²) in [6.07, 6.45) is 1.92. The van der Waals surface area contributed by atoms with Gasteiger partial charge in [0, 0.05) is 57.2 Å². The molecule has 0 spiro atoms. The summed E-state index contributed by atoms with van der Waals surface area (Å²) in [5.41, 5.74) is 10.8. The Morgan fingerprint density at radius 3 is 1.03 bits per heavy atom. The van der Waals surface area contributed by atoms with Crippen molar-refractivity contribution in [2.75, 3.05) is 32.7 Å². The van der Waals surface area contributed by atoms with E-state index in [0.717, 1.165) is 24.3 Å². The Bertz CT molecular complexity index is 3130. The largest absolute Gasteiger partial charge is 0.397 e. The summed E-state index contributed by atoms with van der Waals surface area (Å²) in [4.78, 5) is 77.9. The fourth-order valence-corrected chi connectivity index (χ4v) is 8.61. The molecule has 6 aromatic carbocycles. The van der Waals surface area contributed by atoms with Gasteiger partial charge in [0.05, 0.1) is 45.0 Å². The van der Waals surface area contributed by atoms with Crippen molar-refractivity contribution in [2.24, 2.45) is 0 Å². The Balaban J connectivity index is 0.931. The molecule has 2 aliphatic rings. The number of nitrogen functional groups attached to an aromatic ring is 2. The second-order valence-electron chi connectivity index (χ2n) is 14.2. The van der Waals surface area contributed by atoms with Crippen LogP contribution in [0.15, 0.2) is 131 Å². The lowest BCUT2D eigenvalue weighted by Crippen LogP contribution is -2.25. The molecule has 18 nitrogen and oxygen atoms in total. The average molecular weight is 899 g/mol. The van der Waals surface area contributed by atoms with Crippen molar-refractivity contribution in [2.45, 2.75) is 9.79 Å². The van der Waals surface area contributed by atoms with Crippen molar-refractivity contribution in [1.82, 2.24) is 0 Å². The maximum absolute atomic E-state index is 13.6. The molecule has 0 unspecified atom stereocenters. The molecule has 2 amide bonds. The van der Waals surface area contributed by atoms with Crippen LogP contribution >= 0.6 is 0 Å². The number of ketones is 4. The van der Waals surface area contributed by atoms with Crippen molar-refractivity contribution in [3.63, 3.8) is 0 Å². The van der Waals surface area contributed by atoms with E-state index in [9.17, 15) is 54.7 Å². The van der Waals surface area contributed by atoms with Crippen LogP contribution in [0.1, 0.15) is 63.7 Å². The molecule has 0 atom stereocenters. The zero-order valence-corrected chi connectivity index (χ0v) is 34.1. The van der Waals surface area contributed by atoms with Gasteiger partial charge in [-0.05, 0) is 60.7 Å². The number of amides is 2. The number of nitrogens with two attached hydrogens (primary N) is 2. The van der Waals surface area contributed by atoms with E-state index in [2.05, 4.69) is 21.3 Å². The summed E-state index contributed by atoms with van der Waals surface area (Å²) in [5, 5.41) is 10.9. The van der Waals surface area contributed by atoms with Crippen LogP contribution in [-0.4, -0.2) is 60.9 Å². The number of anilines is 8. The molecule has 0 fully saturated rings. The molecule has 2 aliphatic carbocycles. The van der Waals surface area contributed by atoms with Crippen molar-refractivity contribution in [3.8, 4) is 0 Å². The Morgan fingerprint density at radius 2 is 0.734 bits per heavy atom. The second kappa shape index (κ2) is 15.9. The van der Waals surface area contributed by atoms with Crippen LogP contribution in [0, 0.1) is 0 Å². The molecule has 320 valence electrons. The van der Waals surface area contributed by atoms with E-state index in [1.807, 2.05) is 0 Å². The lowest BCUT2D eigenvalue weighted by atomic mass is 9.82. The monoisotopic (exact) mass is 898 g/mol. The van der Waals surface area contributed by atoms with Gasteiger partial charge in [0.25, 0.3) is 20.2 Å². The molecule has 0 saturated heterocycles. The van der Waals surface area contributed by atoms with Gasteiger partial charge in [-0.2, -0.15) is 16.8 Å². The van der Waals surface area contributed by atoms with E-state index >= 15 is 0 Å². The first-order chi connectivity index (χ1) is 30.3. The highest BCUT2D eigenvalue weighted by Gasteiger charge is 2.38. The van der Waals surface area contributed by atoms with E-state index in [1.54, 1.807) is 12.1 Å². The Labute approximate surface area is 362 Å². The van der Waals surface area contributed by atoms with Crippen LogP contribution in [0.4, 0.5) is 45.5 Å². The van der Waals surface area contributed by atoms with Crippen molar-refractivity contribution in [1.29, 1.82) is 0 Å². The Morgan fingerprint density at radius 1 is 0.453 bits per heavy atom. The molecule has 0 bridgehead atoms. The quantitative estimate of drug-likeness (QED) is 0.0476. The average Bonchev–Trinajstić information content (AvgIpc) is 3.25. The molecule has 64 heavy (non-hydrogen) atoms. The van der Waals surface area contributed by atoms with Crippen LogP contribution in [0.2, 0.25) is 0 Å². The first-order valence-corrected chi connectivity index (χ1v) is 21.5. The molecule has 8 rings (SSSR count). The topological polar surface area (TPSA) is 311 Å². The summed E-state index contributed by atoms with van der Waals surface area (Å²) in [7, 11) is -9.88. The molecular formula is C44H30N6O12S2. The standard InChI is InChI=1S/C44H30N6O12S2/c45-39-31(63(57,58)59)19-29(35-37(39)43(55)27-7-3-1-5-25(27)41(35)53)47-21-9-13-23(14-10-21)49-33(51)17-18-34(52)50-24-15-11-22(12-16-24)48-30-20-32(64(60,61)62)40(46)38-36(30)42(54)26-6-2-4-8-28(26)44(38)56/h1-20,47-48H,45-46H2,(H,49,51)(H,50,52)(H,57,58,59)(H,60,61,62). The van der Waals surface area contributed by atoms with Crippen molar-refractivity contribution in [3.05, 3.63) is 166 Å². The van der Waals surface area contributed by atoms with Crippen molar-refractivity contribution >= 4 is 101 Å². The van der Waals surface area contributed by atoms with Crippen LogP contribution < -0.4 is 32.7 Å². The summed E-state index contributed by atoms with van der Waals surface area (Å²) < 4.78 is 68.7. The lowest BCUT2D eigenvalue weighted by Gasteiger charge is -2.23. The van der Waals surface area contributed by atoms with E-state index in [-0.39, 0.29) is 78.6 Å². The highest BCUT2D eigenvalue weighted by Crippen LogP contribution is 2.42. The molecule has 0 aromatic heterocycles. The number of hydrogen-bond donors (Lipinski definition) is 8. The summed E-state index contributed by atoms with van der Waals surface area (Å²) in [6.45, 7) is 0. The van der Waals surface area contributed by atoms with Gasteiger partial charge >= 0.3 is 0 Å². The number of hydrogen-bond acceptors (Lipinski definition) is 14. The predicted octanol–water partition coefficient (Wildman–Crippen LogP) is 5.52. The van der Waals surface area contributed by atoms with Crippen LogP contribution in [0.5, 0.6) is 0 Å². The molecule has 10 N–H and O–H groups in total. The predicted molar refractivity (Wildman–Crippen MR) is 234 cm³/mol. The fourth-order valence-electron chi connectivity index (χ4n) is 7.32. The molecule has 0 saturated carbocycles. The Kier molecular flexibility index (Phi) is 10.5. The van der Waals surface area contributed by atoms with E-state index in [1.165, 1.54) is 84.9 Å². The maximum Gasteiger partial charge on any atom is 0.296 e. The lowest BCUT2D eigenvalue weighted by molar-refractivity contribution is -0.114. The van der Waals surface area contributed by atoms with Crippen LogP contribution in [0.25, 0.3) is 0 Å². The van der Waals surface area contributed by atoms with Crippen molar-refractivity contribution < 1.29 is 54.7 Å². The summed E-state index contributed by atoms with van der Waals surface area (Å²) in [6, 6.07) is 25.5. The molecule has 20 heteroatoms. The number of carbonyl (C=O) groups is 6. The molecule has 6 aromatic rings.